The summed E-state index contributed by atoms with van der Waals surface area (Å²) in [5.41, 5.74) is 2.09. The summed E-state index contributed by atoms with van der Waals surface area (Å²) in [4.78, 5) is 20.4. The molecule has 0 heterocycles. The summed E-state index contributed by atoms with van der Waals surface area (Å²) in [6, 6.07) is 14.8. The largest absolute Gasteiger partial charge is 0.355 e. The van der Waals surface area contributed by atoms with Crippen molar-refractivity contribution in [1.29, 1.82) is 0 Å². The molecule has 98 valence electrons. The van der Waals surface area contributed by atoms with Crippen LogP contribution < -0.4 is 4.89 Å². The number of carbonyl (C=O) groups is 1. The second-order valence-electron chi connectivity index (χ2n) is 3.92. The molecule has 0 saturated heterocycles. The highest BCUT2D eigenvalue weighted by Crippen LogP contribution is 2.23. The summed E-state index contributed by atoms with van der Waals surface area (Å²) >= 11 is 5.84. The summed E-state index contributed by atoms with van der Waals surface area (Å²) in [6.45, 7) is 1.70. The second kappa shape index (κ2) is 6.25. The van der Waals surface area contributed by atoms with Gasteiger partial charge in [0.05, 0.1) is 0 Å². The van der Waals surface area contributed by atoms with Crippen molar-refractivity contribution in [2.45, 2.75) is 13.3 Å². The minimum absolute atomic E-state index is 0.281. The summed E-state index contributed by atoms with van der Waals surface area (Å²) in [6.07, 6.45) is 0.281. The van der Waals surface area contributed by atoms with Crippen LogP contribution in [-0.4, -0.2) is 5.97 Å². The van der Waals surface area contributed by atoms with Crippen molar-refractivity contribution in [2.24, 2.45) is 0 Å². The summed E-state index contributed by atoms with van der Waals surface area (Å²) in [5, 5.41) is 0.704. The molecule has 0 spiro atoms. The van der Waals surface area contributed by atoms with Crippen molar-refractivity contribution in [2.75, 3.05) is 0 Å². The first-order valence-corrected chi connectivity index (χ1v) is 6.30. The van der Waals surface area contributed by atoms with Crippen LogP contribution in [0, 0.1) is 0 Å². The first-order chi connectivity index (χ1) is 9.19. The van der Waals surface area contributed by atoms with Crippen molar-refractivity contribution in [3.8, 4) is 16.9 Å². The van der Waals surface area contributed by atoms with E-state index in [1.54, 1.807) is 19.1 Å². The fourth-order valence-electron chi connectivity index (χ4n) is 1.50. The molecule has 19 heavy (non-hydrogen) atoms. The van der Waals surface area contributed by atoms with E-state index < -0.39 is 5.97 Å². The van der Waals surface area contributed by atoms with Crippen LogP contribution in [0.2, 0.25) is 5.02 Å². The molecule has 2 aromatic carbocycles. The van der Waals surface area contributed by atoms with Crippen LogP contribution in [-0.2, 0) is 9.68 Å². The second-order valence-corrected chi connectivity index (χ2v) is 4.36. The number of hydrogen-bond donors (Lipinski definition) is 0. The Hall–Kier alpha value is -2.00. The first kappa shape index (κ1) is 13.4. The molecule has 0 aliphatic rings. The van der Waals surface area contributed by atoms with Crippen LogP contribution in [0.5, 0.6) is 5.75 Å². The average Bonchev–Trinajstić information content (AvgIpc) is 2.46. The van der Waals surface area contributed by atoms with Crippen molar-refractivity contribution in [1.82, 2.24) is 0 Å². The zero-order valence-electron chi connectivity index (χ0n) is 10.4. The zero-order valence-corrected chi connectivity index (χ0v) is 11.2. The van der Waals surface area contributed by atoms with Gasteiger partial charge in [0, 0.05) is 11.4 Å². The van der Waals surface area contributed by atoms with Gasteiger partial charge >= 0.3 is 5.97 Å². The Bertz CT molecular complexity index is 547. The molecule has 0 aromatic heterocycles. The van der Waals surface area contributed by atoms with E-state index in [4.69, 9.17) is 16.5 Å². The van der Waals surface area contributed by atoms with E-state index in [2.05, 4.69) is 4.89 Å². The number of hydrogen-bond acceptors (Lipinski definition) is 3. The zero-order chi connectivity index (χ0) is 13.7. The van der Waals surface area contributed by atoms with Crippen LogP contribution in [0.4, 0.5) is 0 Å². The van der Waals surface area contributed by atoms with Crippen molar-refractivity contribution < 1.29 is 14.6 Å². The van der Waals surface area contributed by atoms with E-state index in [0.717, 1.165) is 11.1 Å². The lowest BCUT2D eigenvalue weighted by atomic mass is 10.1. The standard InChI is InChI=1S/C15H13ClO3/c1-2-15(17)19-18-14-9-5-12(6-10-14)11-3-7-13(16)8-4-11/h3-10H,2H2,1H3. The third-order valence-electron chi connectivity index (χ3n) is 2.55. The lowest BCUT2D eigenvalue weighted by Gasteiger charge is -2.05. The summed E-state index contributed by atoms with van der Waals surface area (Å²) < 4.78 is 0. The molecule has 0 aliphatic carbocycles. The van der Waals surface area contributed by atoms with Gasteiger partial charge in [-0.2, -0.15) is 0 Å². The van der Waals surface area contributed by atoms with Gasteiger partial charge in [-0.3, -0.25) is 9.78 Å². The highest BCUT2D eigenvalue weighted by Gasteiger charge is 2.03. The third-order valence-corrected chi connectivity index (χ3v) is 2.80. The van der Waals surface area contributed by atoms with Gasteiger partial charge in [-0.15, -0.1) is 0 Å². The van der Waals surface area contributed by atoms with Crippen molar-refractivity contribution >= 4 is 17.6 Å². The highest BCUT2D eigenvalue weighted by atomic mass is 35.5. The Morgan fingerprint density at radius 1 is 1.00 bits per heavy atom. The summed E-state index contributed by atoms with van der Waals surface area (Å²) in [5.74, 6) is 0.0845. The molecule has 3 nitrogen and oxygen atoms in total. The Kier molecular flexibility index (Phi) is 4.42. The van der Waals surface area contributed by atoms with E-state index in [1.807, 2.05) is 36.4 Å². The van der Waals surface area contributed by atoms with E-state index in [1.165, 1.54) is 0 Å². The van der Waals surface area contributed by atoms with Crippen LogP contribution in [0.1, 0.15) is 13.3 Å². The van der Waals surface area contributed by atoms with Crippen LogP contribution in [0.25, 0.3) is 11.1 Å². The Morgan fingerprint density at radius 2 is 1.53 bits per heavy atom. The molecular formula is C15H13ClO3. The van der Waals surface area contributed by atoms with Gasteiger partial charge in [0.2, 0.25) is 0 Å². The van der Waals surface area contributed by atoms with E-state index in [9.17, 15) is 4.79 Å². The molecule has 0 radical (unpaired) electrons. The minimum atomic E-state index is -0.401. The van der Waals surface area contributed by atoms with Gasteiger partial charge in [-0.05, 0) is 35.4 Å². The molecule has 0 fully saturated rings. The normalized spacial score (nSPS) is 10.0. The number of benzene rings is 2. The van der Waals surface area contributed by atoms with Crippen molar-refractivity contribution in [3.05, 3.63) is 53.6 Å². The molecule has 0 aliphatic heterocycles. The molecule has 0 bridgehead atoms. The average molecular weight is 277 g/mol. The lowest BCUT2D eigenvalue weighted by Crippen LogP contribution is -2.05. The Labute approximate surface area is 116 Å². The molecule has 0 amide bonds. The molecule has 0 atom stereocenters. The van der Waals surface area contributed by atoms with E-state index >= 15 is 0 Å². The third kappa shape index (κ3) is 3.73. The minimum Gasteiger partial charge on any atom is -0.287 e. The molecule has 2 aromatic rings. The topological polar surface area (TPSA) is 35.5 Å². The molecule has 4 heteroatoms. The summed E-state index contributed by atoms with van der Waals surface area (Å²) in [7, 11) is 0. The number of halogens is 1. The van der Waals surface area contributed by atoms with E-state index in [-0.39, 0.29) is 6.42 Å². The molecular weight excluding hydrogens is 264 g/mol. The van der Waals surface area contributed by atoms with Gasteiger partial charge in [0.25, 0.3) is 0 Å². The molecule has 0 N–H and O–H groups in total. The van der Waals surface area contributed by atoms with Gasteiger partial charge in [-0.1, -0.05) is 42.8 Å². The maximum atomic E-state index is 10.9. The molecule has 0 saturated carbocycles. The van der Waals surface area contributed by atoms with Gasteiger partial charge < -0.3 is 0 Å². The number of rotatable bonds is 4. The van der Waals surface area contributed by atoms with Gasteiger partial charge in [0.1, 0.15) is 0 Å². The highest BCUT2D eigenvalue weighted by molar-refractivity contribution is 6.30. The predicted octanol–water partition coefficient (Wildman–Crippen LogP) is 4.25. The Morgan fingerprint density at radius 3 is 2.05 bits per heavy atom. The maximum absolute atomic E-state index is 10.9. The Balaban J connectivity index is 2.06. The first-order valence-electron chi connectivity index (χ1n) is 5.92. The van der Waals surface area contributed by atoms with Crippen LogP contribution in [0.3, 0.4) is 0 Å². The molecule has 2 rings (SSSR count). The number of carbonyl (C=O) groups excluding carboxylic acids is 1. The monoisotopic (exact) mass is 276 g/mol. The van der Waals surface area contributed by atoms with Crippen LogP contribution >= 0.6 is 11.6 Å². The van der Waals surface area contributed by atoms with Gasteiger partial charge in [0.15, 0.2) is 5.75 Å². The smallest absolute Gasteiger partial charge is 0.287 e. The fourth-order valence-corrected chi connectivity index (χ4v) is 1.62. The molecule has 0 unspecified atom stereocenters. The fraction of sp³-hybridized carbons (Fsp3) is 0.133. The van der Waals surface area contributed by atoms with Gasteiger partial charge in [-0.25, -0.2) is 4.79 Å². The van der Waals surface area contributed by atoms with Crippen LogP contribution in [0.15, 0.2) is 48.5 Å². The predicted molar refractivity (Wildman–Crippen MR) is 73.9 cm³/mol. The quantitative estimate of drug-likeness (QED) is 0.618. The van der Waals surface area contributed by atoms with Crippen molar-refractivity contribution in [3.63, 3.8) is 0 Å². The van der Waals surface area contributed by atoms with E-state index in [0.29, 0.717) is 10.8 Å². The SMILES string of the molecule is CCC(=O)OOc1ccc(-c2ccc(Cl)cc2)cc1. The maximum Gasteiger partial charge on any atom is 0.355 e. The lowest BCUT2D eigenvalue weighted by molar-refractivity contribution is -0.213.